The van der Waals surface area contributed by atoms with Crippen molar-refractivity contribution in [2.75, 3.05) is 19.8 Å². The third kappa shape index (κ3) is 7.90. The van der Waals surface area contributed by atoms with Gasteiger partial charge in [0.25, 0.3) is 0 Å². The summed E-state index contributed by atoms with van der Waals surface area (Å²) in [5.74, 6) is 0. The van der Waals surface area contributed by atoms with E-state index in [9.17, 15) is 18.3 Å². The van der Waals surface area contributed by atoms with Crippen LogP contribution in [0.2, 0.25) is 0 Å². The van der Waals surface area contributed by atoms with E-state index in [0.717, 1.165) is 12.8 Å². The fraction of sp³-hybridized carbons (Fsp3) is 1.00. The summed E-state index contributed by atoms with van der Waals surface area (Å²) >= 11 is 0. The van der Waals surface area contributed by atoms with E-state index in [2.05, 4.69) is 5.32 Å². The standard InChI is InChI=1S/C10H18F3NO2/c11-10(12,13)4-1-5-16-7-9(15)6-14-8-2-3-8/h8-9,14-15H,1-7H2. The first-order valence-electron chi connectivity index (χ1n) is 5.53. The van der Waals surface area contributed by atoms with Crippen molar-refractivity contribution in [3.63, 3.8) is 0 Å². The summed E-state index contributed by atoms with van der Waals surface area (Å²) in [5.41, 5.74) is 0. The molecule has 1 rings (SSSR count). The van der Waals surface area contributed by atoms with Crippen molar-refractivity contribution in [1.29, 1.82) is 0 Å². The van der Waals surface area contributed by atoms with Gasteiger partial charge in [0.2, 0.25) is 0 Å². The van der Waals surface area contributed by atoms with Crippen molar-refractivity contribution >= 4 is 0 Å². The van der Waals surface area contributed by atoms with Crippen LogP contribution in [0.1, 0.15) is 25.7 Å². The average molecular weight is 241 g/mol. The highest BCUT2D eigenvalue weighted by Gasteiger charge is 2.26. The zero-order valence-electron chi connectivity index (χ0n) is 9.09. The molecule has 0 amide bonds. The summed E-state index contributed by atoms with van der Waals surface area (Å²) in [4.78, 5) is 0. The lowest BCUT2D eigenvalue weighted by molar-refractivity contribution is -0.138. The Labute approximate surface area is 93.0 Å². The van der Waals surface area contributed by atoms with Gasteiger partial charge in [0.15, 0.2) is 0 Å². The molecule has 1 aliphatic rings. The van der Waals surface area contributed by atoms with E-state index in [0.29, 0.717) is 12.6 Å². The number of ether oxygens (including phenoxy) is 1. The molecule has 0 aromatic rings. The van der Waals surface area contributed by atoms with Crippen molar-refractivity contribution in [3.05, 3.63) is 0 Å². The second kappa shape index (κ2) is 6.42. The number of halogens is 3. The zero-order chi connectivity index (χ0) is 12.0. The van der Waals surface area contributed by atoms with Gasteiger partial charge in [-0.05, 0) is 19.3 Å². The molecule has 6 heteroatoms. The smallest absolute Gasteiger partial charge is 0.389 e. The summed E-state index contributed by atoms with van der Waals surface area (Å²) in [6.07, 6.45) is -3.35. The lowest BCUT2D eigenvalue weighted by atomic mass is 10.3. The molecule has 3 nitrogen and oxygen atoms in total. The largest absolute Gasteiger partial charge is 0.389 e. The maximum absolute atomic E-state index is 11.7. The molecule has 16 heavy (non-hydrogen) atoms. The fourth-order valence-electron chi connectivity index (χ4n) is 1.24. The predicted molar refractivity (Wildman–Crippen MR) is 53.1 cm³/mol. The lowest BCUT2D eigenvalue weighted by Gasteiger charge is -2.12. The van der Waals surface area contributed by atoms with Gasteiger partial charge in [-0.3, -0.25) is 0 Å². The normalized spacial score (nSPS) is 18.8. The Bertz CT molecular complexity index is 195. The van der Waals surface area contributed by atoms with Crippen molar-refractivity contribution in [3.8, 4) is 0 Å². The summed E-state index contributed by atoms with van der Waals surface area (Å²) in [6, 6.07) is 0.514. The first-order chi connectivity index (χ1) is 7.47. The molecule has 0 heterocycles. The third-order valence-corrected chi connectivity index (χ3v) is 2.28. The summed E-state index contributed by atoms with van der Waals surface area (Å²) in [7, 11) is 0. The SMILES string of the molecule is OC(CNC1CC1)COCCCC(F)(F)F. The van der Waals surface area contributed by atoms with E-state index in [-0.39, 0.29) is 19.6 Å². The Morgan fingerprint density at radius 1 is 1.38 bits per heavy atom. The molecule has 0 saturated heterocycles. The lowest BCUT2D eigenvalue weighted by Crippen LogP contribution is -2.31. The number of nitrogens with one attached hydrogen (secondary N) is 1. The van der Waals surface area contributed by atoms with E-state index in [1.807, 2.05) is 0 Å². The van der Waals surface area contributed by atoms with Gasteiger partial charge in [-0.2, -0.15) is 13.2 Å². The maximum Gasteiger partial charge on any atom is 0.389 e. The number of aliphatic hydroxyl groups is 1. The molecule has 1 unspecified atom stereocenters. The second-order valence-corrected chi connectivity index (χ2v) is 4.13. The Morgan fingerprint density at radius 2 is 2.06 bits per heavy atom. The van der Waals surface area contributed by atoms with Crippen LogP contribution in [-0.4, -0.2) is 43.2 Å². The fourth-order valence-corrected chi connectivity index (χ4v) is 1.24. The quantitative estimate of drug-likeness (QED) is 0.632. The van der Waals surface area contributed by atoms with Crippen LogP contribution in [-0.2, 0) is 4.74 Å². The molecule has 0 radical (unpaired) electrons. The Hall–Kier alpha value is -0.330. The minimum absolute atomic E-state index is 0.0417. The number of aliphatic hydroxyl groups excluding tert-OH is 1. The van der Waals surface area contributed by atoms with Gasteiger partial charge in [-0.25, -0.2) is 0 Å². The number of alkyl halides is 3. The van der Waals surface area contributed by atoms with Gasteiger partial charge in [0, 0.05) is 25.6 Å². The van der Waals surface area contributed by atoms with E-state index >= 15 is 0 Å². The minimum Gasteiger partial charge on any atom is -0.389 e. The zero-order valence-corrected chi connectivity index (χ0v) is 9.09. The average Bonchev–Trinajstić information content (AvgIpc) is 2.95. The molecule has 1 aliphatic carbocycles. The highest BCUT2D eigenvalue weighted by atomic mass is 19.4. The first kappa shape index (κ1) is 13.7. The maximum atomic E-state index is 11.7. The molecule has 0 aliphatic heterocycles. The van der Waals surface area contributed by atoms with Crippen LogP contribution >= 0.6 is 0 Å². The van der Waals surface area contributed by atoms with Crippen LogP contribution in [0.3, 0.4) is 0 Å². The van der Waals surface area contributed by atoms with Crippen LogP contribution in [0, 0.1) is 0 Å². The molecule has 1 saturated carbocycles. The van der Waals surface area contributed by atoms with Gasteiger partial charge < -0.3 is 15.2 Å². The molecule has 0 bridgehead atoms. The third-order valence-electron chi connectivity index (χ3n) is 2.28. The van der Waals surface area contributed by atoms with Gasteiger partial charge >= 0.3 is 6.18 Å². The van der Waals surface area contributed by atoms with Crippen LogP contribution in [0.25, 0.3) is 0 Å². The molecule has 0 aromatic carbocycles. The molecule has 1 atom stereocenters. The number of hydrogen-bond donors (Lipinski definition) is 2. The van der Waals surface area contributed by atoms with Crippen LogP contribution in [0.5, 0.6) is 0 Å². The van der Waals surface area contributed by atoms with Crippen molar-refractivity contribution in [2.24, 2.45) is 0 Å². The molecule has 1 fully saturated rings. The molecular formula is C10H18F3NO2. The van der Waals surface area contributed by atoms with E-state index in [1.165, 1.54) is 0 Å². The Balaban J connectivity index is 1.85. The minimum atomic E-state index is -4.12. The Morgan fingerprint density at radius 3 is 2.62 bits per heavy atom. The predicted octanol–water partition coefficient (Wildman–Crippen LogP) is 1.46. The topological polar surface area (TPSA) is 41.5 Å². The van der Waals surface area contributed by atoms with Gasteiger partial charge in [-0.15, -0.1) is 0 Å². The summed E-state index contributed by atoms with van der Waals surface area (Å²) in [5, 5.41) is 12.5. The summed E-state index contributed by atoms with van der Waals surface area (Å²) < 4.78 is 40.2. The van der Waals surface area contributed by atoms with E-state index in [1.54, 1.807) is 0 Å². The highest BCUT2D eigenvalue weighted by molar-refractivity contribution is 4.81. The molecule has 0 spiro atoms. The van der Waals surface area contributed by atoms with Crippen LogP contribution in [0.4, 0.5) is 13.2 Å². The van der Waals surface area contributed by atoms with Gasteiger partial charge in [-0.1, -0.05) is 0 Å². The molecule has 2 N–H and O–H groups in total. The van der Waals surface area contributed by atoms with Gasteiger partial charge in [0.1, 0.15) is 0 Å². The summed E-state index contributed by atoms with van der Waals surface area (Å²) in [6.45, 7) is 0.585. The molecular weight excluding hydrogens is 223 g/mol. The second-order valence-electron chi connectivity index (χ2n) is 4.13. The molecule has 96 valence electrons. The number of rotatable bonds is 8. The van der Waals surface area contributed by atoms with Crippen molar-refractivity contribution in [1.82, 2.24) is 5.32 Å². The van der Waals surface area contributed by atoms with Crippen LogP contribution in [0.15, 0.2) is 0 Å². The first-order valence-corrected chi connectivity index (χ1v) is 5.53. The molecule has 0 aromatic heterocycles. The monoisotopic (exact) mass is 241 g/mol. The van der Waals surface area contributed by atoms with Crippen molar-refractivity contribution < 1.29 is 23.0 Å². The Kier molecular flexibility index (Phi) is 5.51. The van der Waals surface area contributed by atoms with E-state index < -0.39 is 18.7 Å². The van der Waals surface area contributed by atoms with E-state index in [4.69, 9.17) is 4.74 Å². The number of hydrogen-bond acceptors (Lipinski definition) is 3. The van der Waals surface area contributed by atoms with Gasteiger partial charge in [0.05, 0.1) is 12.7 Å². The highest BCUT2D eigenvalue weighted by Crippen LogP contribution is 2.21. The van der Waals surface area contributed by atoms with Crippen LogP contribution < -0.4 is 5.32 Å². The van der Waals surface area contributed by atoms with Crippen molar-refractivity contribution in [2.45, 2.75) is 44.0 Å².